The number of rotatable bonds is 7. The van der Waals surface area contributed by atoms with Gasteiger partial charge in [-0.2, -0.15) is 0 Å². The fourth-order valence-electron chi connectivity index (χ4n) is 1.93. The molecule has 0 aliphatic heterocycles. The zero-order valence-corrected chi connectivity index (χ0v) is 12.0. The standard InChI is InChI=1S/C14H24N2O2/c1-6-15-14(10-16(2)3)11-7-12(17-4)9-13(8-11)18-5/h7-9,14-15H,6,10H2,1-5H3. The number of benzene rings is 1. The average Bonchev–Trinajstić information content (AvgIpc) is 2.37. The molecule has 102 valence electrons. The Kier molecular flexibility index (Phi) is 5.95. The minimum Gasteiger partial charge on any atom is -0.497 e. The molecule has 0 aliphatic carbocycles. The third-order valence-electron chi connectivity index (χ3n) is 2.77. The SMILES string of the molecule is CCNC(CN(C)C)c1cc(OC)cc(OC)c1. The van der Waals surface area contributed by atoms with E-state index >= 15 is 0 Å². The van der Waals surface area contributed by atoms with Gasteiger partial charge in [0.1, 0.15) is 11.5 Å². The van der Waals surface area contributed by atoms with Gasteiger partial charge >= 0.3 is 0 Å². The van der Waals surface area contributed by atoms with Crippen LogP contribution in [0, 0.1) is 0 Å². The van der Waals surface area contributed by atoms with Gasteiger partial charge in [0.2, 0.25) is 0 Å². The maximum Gasteiger partial charge on any atom is 0.122 e. The van der Waals surface area contributed by atoms with Crippen LogP contribution in [0.5, 0.6) is 11.5 Å². The lowest BCUT2D eigenvalue weighted by Gasteiger charge is -2.23. The van der Waals surface area contributed by atoms with Crippen LogP contribution in [0.3, 0.4) is 0 Å². The first-order valence-corrected chi connectivity index (χ1v) is 6.21. The second kappa shape index (κ2) is 7.24. The first-order chi connectivity index (χ1) is 8.60. The average molecular weight is 252 g/mol. The molecule has 0 amide bonds. The summed E-state index contributed by atoms with van der Waals surface area (Å²) in [7, 11) is 7.49. The minimum absolute atomic E-state index is 0.272. The van der Waals surface area contributed by atoms with E-state index in [0.717, 1.165) is 24.6 Å². The van der Waals surface area contributed by atoms with E-state index in [1.807, 2.05) is 6.07 Å². The molecule has 1 atom stereocenters. The van der Waals surface area contributed by atoms with E-state index in [1.165, 1.54) is 5.56 Å². The first kappa shape index (κ1) is 14.8. The Bertz CT molecular complexity index is 345. The summed E-state index contributed by atoms with van der Waals surface area (Å²) in [4.78, 5) is 2.17. The van der Waals surface area contributed by atoms with E-state index in [1.54, 1.807) is 14.2 Å². The fourth-order valence-corrected chi connectivity index (χ4v) is 1.93. The summed E-state index contributed by atoms with van der Waals surface area (Å²) >= 11 is 0. The van der Waals surface area contributed by atoms with Gasteiger partial charge in [-0.25, -0.2) is 0 Å². The Morgan fingerprint density at radius 3 is 2.06 bits per heavy atom. The topological polar surface area (TPSA) is 33.7 Å². The van der Waals surface area contributed by atoms with Crippen molar-refractivity contribution < 1.29 is 9.47 Å². The zero-order valence-electron chi connectivity index (χ0n) is 12.0. The molecule has 1 unspecified atom stereocenters. The fraction of sp³-hybridized carbons (Fsp3) is 0.571. The van der Waals surface area contributed by atoms with Crippen molar-refractivity contribution in [2.75, 3.05) is 41.4 Å². The molecule has 0 saturated carbocycles. The summed E-state index contributed by atoms with van der Waals surface area (Å²) < 4.78 is 10.6. The highest BCUT2D eigenvalue weighted by Gasteiger charge is 2.13. The van der Waals surface area contributed by atoms with Gasteiger partial charge in [0.15, 0.2) is 0 Å². The molecule has 0 fully saturated rings. The number of methoxy groups -OCH3 is 2. The molecule has 0 aliphatic rings. The van der Waals surface area contributed by atoms with E-state index in [9.17, 15) is 0 Å². The van der Waals surface area contributed by atoms with Crippen LogP contribution in [-0.4, -0.2) is 46.3 Å². The molecular formula is C14H24N2O2. The van der Waals surface area contributed by atoms with Crippen LogP contribution >= 0.6 is 0 Å². The Morgan fingerprint density at radius 2 is 1.67 bits per heavy atom. The minimum atomic E-state index is 0.272. The van der Waals surface area contributed by atoms with Crippen LogP contribution < -0.4 is 14.8 Å². The van der Waals surface area contributed by atoms with Gasteiger partial charge < -0.3 is 19.7 Å². The van der Waals surface area contributed by atoms with E-state index in [-0.39, 0.29) is 6.04 Å². The lowest BCUT2D eigenvalue weighted by molar-refractivity contribution is 0.342. The number of nitrogens with one attached hydrogen (secondary N) is 1. The zero-order chi connectivity index (χ0) is 13.5. The highest BCUT2D eigenvalue weighted by atomic mass is 16.5. The summed E-state index contributed by atoms with van der Waals surface area (Å²) in [5, 5.41) is 3.48. The summed E-state index contributed by atoms with van der Waals surface area (Å²) in [6.07, 6.45) is 0. The largest absolute Gasteiger partial charge is 0.497 e. The van der Waals surface area contributed by atoms with E-state index in [0.29, 0.717) is 0 Å². The van der Waals surface area contributed by atoms with Gasteiger partial charge in [0, 0.05) is 18.7 Å². The van der Waals surface area contributed by atoms with Crippen LogP contribution in [0.25, 0.3) is 0 Å². The van der Waals surface area contributed by atoms with Crippen LogP contribution in [0.2, 0.25) is 0 Å². The van der Waals surface area contributed by atoms with Gasteiger partial charge in [-0.15, -0.1) is 0 Å². The van der Waals surface area contributed by atoms with Crippen LogP contribution in [0.4, 0.5) is 0 Å². The lowest BCUT2D eigenvalue weighted by atomic mass is 10.1. The van der Waals surface area contributed by atoms with Crippen molar-refractivity contribution in [1.29, 1.82) is 0 Å². The lowest BCUT2D eigenvalue weighted by Crippen LogP contribution is -2.31. The second-order valence-corrected chi connectivity index (χ2v) is 4.52. The number of ether oxygens (including phenoxy) is 2. The molecule has 0 aromatic heterocycles. The Hall–Kier alpha value is -1.26. The molecule has 4 heteroatoms. The van der Waals surface area contributed by atoms with E-state index in [4.69, 9.17) is 9.47 Å². The first-order valence-electron chi connectivity index (χ1n) is 6.21. The van der Waals surface area contributed by atoms with Gasteiger partial charge in [0.25, 0.3) is 0 Å². The van der Waals surface area contributed by atoms with Crippen molar-refractivity contribution in [3.8, 4) is 11.5 Å². The van der Waals surface area contributed by atoms with Gasteiger partial charge in [-0.3, -0.25) is 0 Å². The van der Waals surface area contributed by atoms with Crippen molar-refractivity contribution in [2.24, 2.45) is 0 Å². The van der Waals surface area contributed by atoms with Gasteiger partial charge in [-0.1, -0.05) is 6.92 Å². The normalized spacial score (nSPS) is 12.6. The molecule has 18 heavy (non-hydrogen) atoms. The summed E-state index contributed by atoms with van der Waals surface area (Å²) in [6, 6.07) is 6.27. The molecule has 1 rings (SSSR count). The maximum absolute atomic E-state index is 5.31. The van der Waals surface area contributed by atoms with E-state index in [2.05, 4.69) is 43.4 Å². The smallest absolute Gasteiger partial charge is 0.122 e. The predicted octanol–water partition coefficient (Wildman–Crippen LogP) is 1.92. The Balaban J connectivity index is 3.01. The second-order valence-electron chi connectivity index (χ2n) is 4.52. The summed E-state index contributed by atoms with van der Waals surface area (Å²) in [5.74, 6) is 1.65. The highest BCUT2D eigenvalue weighted by Crippen LogP contribution is 2.26. The quantitative estimate of drug-likeness (QED) is 0.804. The van der Waals surface area contributed by atoms with E-state index < -0.39 is 0 Å². The van der Waals surface area contributed by atoms with Crippen LogP contribution in [0.15, 0.2) is 18.2 Å². The number of hydrogen-bond acceptors (Lipinski definition) is 4. The van der Waals surface area contributed by atoms with Crippen LogP contribution in [0.1, 0.15) is 18.5 Å². The molecule has 0 saturated heterocycles. The number of hydrogen-bond donors (Lipinski definition) is 1. The van der Waals surface area contributed by atoms with Crippen molar-refractivity contribution in [2.45, 2.75) is 13.0 Å². The van der Waals surface area contributed by atoms with Crippen molar-refractivity contribution in [3.63, 3.8) is 0 Å². The molecule has 0 bridgehead atoms. The van der Waals surface area contributed by atoms with Crippen molar-refractivity contribution in [3.05, 3.63) is 23.8 Å². The third kappa shape index (κ3) is 4.20. The van der Waals surface area contributed by atoms with Gasteiger partial charge in [-0.05, 0) is 38.3 Å². The third-order valence-corrected chi connectivity index (χ3v) is 2.77. The Morgan fingerprint density at radius 1 is 1.11 bits per heavy atom. The monoisotopic (exact) mass is 252 g/mol. The number of likely N-dealkylation sites (N-methyl/N-ethyl adjacent to an activating group) is 2. The van der Waals surface area contributed by atoms with Gasteiger partial charge in [0.05, 0.1) is 14.2 Å². The van der Waals surface area contributed by atoms with Crippen LogP contribution in [-0.2, 0) is 0 Å². The molecule has 1 aromatic rings. The van der Waals surface area contributed by atoms with Crippen molar-refractivity contribution in [1.82, 2.24) is 10.2 Å². The molecule has 1 aromatic carbocycles. The Labute approximate surface area is 110 Å². The molecule has 1 N–H and O–H groups in total. The molecular weight excluding hydrogens is 228 g/mol. The number of nitrogens with zero attached hydrogens (tertiary/aromatic N) is 1. The maximum atomic E-state index is 5.31. The molecule has 4 nitrogen and oxygen atoms in total. The predicted molar refractivity (Wildman–Crippen MR) is 74.5 cm³/mol. The molecule has 0 heterocycles. The highest BCUT2D eigenvalue weighted by molar-refractivity contribution is 5.40. The summed E-state index contributed by atoms with van der Waals surface area (Å²) in [6.45, 7) is 3.97. The van der Waals surface area contributed by atoms with Crippen molar-refractivity contribution >= 4 is 0 Å². The summed E-state index contributed by atoms with van der Waals surface area (Å²) in [5.41, 5.74) is 1.18. The molecule has 0 radical (unpaired) electrons. The molecule has 0 spiro atoms.